The fourth-order valence-electron chi connectivity index (χ4n) is 1.81. The third-order valence-corrected chi connectivity index (χ3v) is 3.60. The van der Waals surface area contributed by atoms with Gasteiger partial charge in [0.1, 0.15) is 7.11 Å². The summed E-state index contributed by atoms with van der Waals surface area (Å²) in [6, 6.07) is 6.79. The third-order valence-electron chi connectivity index (χ3n) is 2.86. The highest BCUT2D eigenvalue weighted by atomic mass is 35.5. The van der Waals surface area contributed by atoms with Crippen LogP contribution in [-0.4, -0.2) is 28.7 Å². The molecule has 0 spiro atoms. The van der Waals surface area contributed by atoms with Crippen molar-refractivity contribution in [2.75, 3.05) is 12.4 Å². The van der Waals surface area contributed by atoms with Gasteiger partial charge >= 0.3 is 0 Å². The second-order valence-corrected chi connectivity index (χ2v) is 5.28. The van der Waals surface area contributed by atoms with Gasteiger partial charge in [0.25, 0.3) is 0 Å². The second kappa shape index (κ2) is 8.45. The molecule has 6 nitrogen and oxygen atoms in total. The van der Waals surface area contributed by atoms with Gasteiger partial charge in [-0.25, -0.2) is 9.97 Å². The summed E-state index contributed by atoms with van der Waals surface area (Å²) in [4.78, 5) is 24.6. The van der Waals surface area contributed by atoms with Gasteiger partial charge in [0, 0.05) is 30.8 Å². The molecule has 1 N–H and O–H groups in total. The van der Waals surface area contributed by atoms with E-state index in [4.69, 9.17) is 28.0 Å². The number of halogens is 2. The Morgan fingerprint density at radius 2 is 1.96 bits per heavy atom. The van der Waals surface area contributed by atoms with E-state index in [1.807, 2.05) is 0 Å². The fraction of sp³-hybridized carbons (Fsp3) is 0.200. The number of carbonyl (C=O) groups is 1. The topological polar surface area (TPSA) is 76.5 Å². The Kier molecular flexibility index (Phi) is 6.31. The summed E-state index contributed by atoms with van der Waals surface area (Å²) in [5.41, 5.74) is 1.33. The molecule has 1 amide bonds. The van der Waals surface area contributed by atoms with Gasteiger partial charge in [-0.05, 0) is 18.2 Å². The summed E-state index contributed by atoms with van der Waals surface area (Å²) in [7, 11) is 1.44. The van der Waals surface area contributed by atoms with Gasteiger partial charge in [-0.2, -0.15) is 0 Å². The first kappa shape index (κ1) is 17.2. The zero-order valence-electron chi connectivity index (χ0n) is 12.3. The molecule has 2 rings (SSSR count). The van der Waals surface area contributed by atoms with E-state index in [0.29, 0.717) is 22.2 Å². The zero-order valence-corrected chi connectivity index (χ0v) is 13.8. The Balaban J connectivity index is 2.01. The molecule has 0 radical (unpaired) electrons. The number of aromatic nitrogens is 2. The Labute approximate surface area is 143 Å². The molecule has 0 saturated heterocycles. The average molecular weight is 353 g/mol. The molecule has 120 valence electrons. The number of carbonyl (C=O) groups excluding carboxylic acids is 1. The molecule has 0 unspecified atom stereocenters. The van der Waals surface area contributed by atoms with E-state index in [1.54, 1.807) is 36.7 Å². The monoisotopic (exact) mass is 352 g/mol. The van der Waals surface area contributed by atoms with Crippen LogP contribution in [0.2, 0.25) is 10.0 Å². The van der Waals surface area contributed by atoms with E-state index in [9.17, 15) is 4.79 Å². The summed E-state index contributed by atoms with van der Waals surface area (Å²) < 4.78 is 0. The number of oxime groups is 1. The number of amides is 1. The first-order valence-electron chi connectivity index (χ1n) is 6.72. The molecular formula is C15H14Cl2N4O2. The molecule has 2 aromatic rings. The fourth-order valence-corrected chi connectivity index (χ4v) is 2.11. The summed E-state index contributed by atoms with van der Waals surface area (Å²) in [6.07, 6.45) is 3.66. The van der Waals surface area contributed by atoms with E-state index in [1.165, 1.54) is 7.11 Å². The standard InChI is InChI=1S/C15H14Cl2N4O2/c1-23-21-13(10-3-4-11(16)12(17)9-10)5-6-14(22)20-15-18-7-2-8-19-15/h2-4,7-9H,5-6H2,1H3,(H,18,19,20,22)/b21-13-. The van der Waals surface area contributed by atoms with Crippen LogP contribution in [0.15, 0.2) is 41.8 Å². The number of nitrogens with zero attached hydrogens (tertiary/aromatic N) is 3. The molecule has 1 aromatic carbocycles. The highest BCUT2D eigenvalue weighted by Crippen LogP contribution is 2.23. The predicted molar refractivity (Wildman–Crippen MR) is 89.9 cm³/mol. The van der Waals surface area contributed by atoms with Crippen molar-refractivity contribution in [1.29, 1.82) is 0 Å². The van der Waals surface area contributed by atoms with Gasteiger partial charge < -0.3 is 4.84 Å². The number of anilines is 1. The van der Waals surface area contributed by atoms with Crippen molar-refractivity contribution in [3.8, 4) is 0 Å². The number of nitrogens with one attached hydrogen (secondary N) is 1. The van der Waals surface area contributed by atoms with Crippen LogP contribution in [0.3, 0.4) is 0 Å². The number of hydrogen-bond donors (Lipinski definition) is 1. The summed E-state index contributed by atoms with van der Waals surface area (Å²) in [5.74, 6) is 0.0392. The molecule has 0 bridgehead atoms. The first-order valence-corrected chi connectivity index (χ1v) is 7.48. The lowest BCUT2D eigenvalue weighted by Crippen LogP contribution is -2.15. The van der Waals surface area contributed by atoms with E-state index < -0.39 is 0 Å². The maximum absolute atomic E-state index is 11.9. The van der Waals surface area contributed by atoms with Crippen molar-refractivity contribution in [2.45, 2.75) is 12.8 Å². The first-order chi connectivity index (χ1) is 11.1. The average Bonchev–Trinajstić information content (AvgIpc) is 2.55. The van der Waals surface area contributed by atoms with Gasteiger partial charge in [-0.3, -0.25) is 10.1 Å². The Hall–Kier alpha value is -2.18. The number of hydrogen-bond acceptors (Lipinski definition) is 5. The molecule has 0 aliphatic rings. The SMILES string of the molecule is CO/N=C(/CCC(=O)Nc1ncccn1)c1ccc(Cl)c(Cl)c1. The summed E-state index contributed by atoms with van der Waals surface area (Å²) in [6.45, 7) is 0. The van der Waals surface area contributed by atoms with Crippen LogP contribution < -0.4 is 5.32 Å². The lowest BCUT2D eigenvalue weighted by molar-refractivity contribution is -0.116. The highest BCUT2D eigenvalue weighted by molar-refractivity contribution is 6.42. The molecule has 23 heavy (non-hydrogen) atoms. The van der Waals surface area contributed by atoms with Gasteiger partial charge in [-0.1, -0.05) is 34.4 Å². The van der Waals surface area contributed by atoms with Crippen LogP contribution in [0.1, 0.15) is 18.4 Å². The lowest BCUT2D eigenvalue weighted by atomic mass is 10.1. The minimum Gasteiger partial charge on any atom is -0.399 e. The molecule has 1 aromatic heterocycles. The van der Waals surface area contributed by atoms with Crippen molar-refractivity contribution in [3.63, 3.8) is 0 Å². The molecule has 0 aliphatic heterocycles. The Morgan fingerprint density at radius 1 is 1.22 bits per heavy atom. The normalized spacial score (nSPS) is 11.2. The van der Waals surface area contributed by atoms with Crippen LogP contribution in [0.4, 0.5) is 5.95 Å². The van der Waals surface area contributed by atoms with E-state index >= 15 is 0 Å². The molecule has 8 heteroatoms. The lowest BCUT2D eigenvalue weighted by Gasteiger charge is -2.07. The van der Waals surface area contributed by atoms with Crippen LogP contribution in [0.25, 0.3) is 0 Å². The van der Waals surface area contributed by atoms with Crippen LogP contribution in [-0.2, 0) is 9.63 Å². The highest BCUT2D eigenvalue weighted by Gasteiger charge is 2.11. The maximum atomic E-state index is 11.9. The number of rotatable bonds is 6. The smallest absolute Gasteiger partial charge is 0.229 e. The van der Waals surface area contributed by atoms with Crippen molar-refractivity contribution in [3.05, 3.63) is 52.3 Å². The molecule has 0 saturated carbocycles. The quantitative estimate of drug-likeness (QED) is 0.636. The molecular weight excluding hydrogens is 339 g/mol. The molecule has 0 fully saturated rings. The van der Waals surface area contributed by atoms with Crippen LogP contribution >= 0.6 is 23.2 Å². The van der Waals surface area contributed by atoms with Crippen molar-refractivity contribution < 1.29 is 9.63 Å². The van der Waals surface area contributed by atoms with Gasteiger partial charge in [0.05, 0.1) is 15.8 Å². The van der Waals surface area contributed by atoms with E-state index in [0.717, 1.165) is 5.56 Å². The van der Waals surface area contributed by atoms with Crippen LogP contribution in [0, 0.1) is 0 Å². The van der Waals surface area contributed by atoms with Gasteiger partial charge in [0.2, 0.25) is 11.9 Å². The molecule has 1 heterocycles. The minimum atomic E-state index is -0.222. The predicted octanol–water partition coefficient (Wildman–Crippen LogP) is 3.55. The third kappa shape index (κ3) is 5.19. The summed E-state index contributed by atoms with van der Waals surface area (Å²) >= 11 is 11.9. The summed E-state index contributed by atoms with van der Waals surface area (Å²) in [5, 5.41) is 7.42. The van der Waals surface area contributed by atoms with E-state index in [2.05, 4.69) is 20.4 Å². The van der Waals surface area contributed by atoms with Crippen LogP contribution in [0.5, 0.6) is 0 Å². The second-order valence-electron chi connectivity index (χ2n) is 4.47. The Bertz CT molecular complexity index is 708. The minimum absolute atomic E-state index is 0.195. The molecule has 0 atom stereocenters. The number of benzene rings is 1. The zero-order chi connectivity index (χ0) is 16.7. The van der Waals surface area contributed by atoms with Crippen molar-refractivity contribution >= 4 is 40.8 Å². The van der Waals surface area contributed by atoms with Gasteiger partial charge in [-0.15, -0.1) is 0 Å². The maximum Gasteiger partial charge on any atom is 0.229 e. The Morgan fingerprint density at radius 3 is 2.61 bits per heavy atom. The van der Waals surface area contributed by atoms with E-state index in [-0.39, 0.29) is 18.3 Å². The van der Waals surface area contributed by atoms with Crippen molar-refractivity contribution in [1.82, 2.24) is 9.97 Å². The van der Waals surface area contributed by atoms with Crippen molar-refractivity contribution in [2.24, 2.45) is 5.16 Å². The molecule has 0 aliphatic carbocycles. The largest absolute Gasteiger partial charge is 0.399 e. The van der Waals surface area contributed by atoms with Gasteiger partial charge in [0.15, 0.2) is 0 Å².